The number of hydrogen-bond donors (Lipinski definition) is 0. The maximum absolute atomic E-state index is 5.86. The summed E-state index contributed by atoms with van der Waals surface area (Å²) >= 11 is 1.72. The van der Waals surface area contributed by atoms with E-state index < -0.39 is 0 Å². The molecule has 140 valence electrons. The molecule has 0 aliphatic carbocycles. The van der Waals surface area contributed by atoms with Gasteiger partial charge in [-0.2, -0.15) is 0 Å². The molecular weight excluding hydrogens is 354 g/mol. The summed E-state index contributed by atoms with van der Waals surface area (Å²) in [5.74, 6) is 2.87. The zero-order valence-electron chi connectivity index (χ0n) is 15.7. The molecule has 1 heterocycles. The summed E-state index contributed by atoms with van der Waals surface area (Å²) in [5.41, 5.74) is 2.40. The van der Waals surface area contributed by atoms with Gasteiger partial charge in [-0.15, -0.1) is 16.8 Å². The van der Waals surface area contributed by atoms with Crippen LogP contribution >= 0.6 is 11.8 Å². The van der Waals surface area contributed by atoms with Crippen LogP contribution in [0, 0.1) is 6.92 Å². The lowest BCUT2D eigenvalue weighted by Gasteiger charge is -2.09. The Balaban J connectivity index is 1.53. The molecule has 0 spiro atoms. The Hall–Kier alpha value is -2.53. The van der Waals surface area contributed by atoms with Gasteiger partial charge in [0.1, 0.15) is 11.6 Å². The SMILES string of the molecule is C=CCn1c(Cc2ccccc2)nnc1SCCCOc1ccccc1C. The van der Waals surface area contributed by atoms with E-state index in [-0.39, 0.29) is 0 Å². The second kappa shape index (κ2) is 9.97. The van der Waals surface area contributed by atoms with Gasteiger partial charge in [0, 0.05) is 18.7 Å². The molecule has 0 amide bonds. The van der Waals surface area contributed by atoms with Crippen molar-refractivity contribution >= 4 is 11.8 Å². The third-order valence-corrected chi connectivity index (χ3v) is 5.23. The average Bonchev–Trinajstić information content (AvgIpc) is 3.06. The Morgan fingerprint density at radius 2 is 1.85 bits per heavy atom. The van der Waals surface area contributed by atoms with Crippen LogP contribution in [0.25, 0.3) is 0 Å². The lowest BCUT2D eigenvalue weighted by atomic mass is 10.1. The van der Waals surface area contributed by atoms with Gasteiger partial charge in [0.25, 0.3) is 0 Å². The van der Waals surface area contributed by atoms with Crippen LogP contribution in [-0.2, 0) is 13.0 Å². The monoisotopic (exact) mass is 379 g/mol. The van der Waals surface area contributed by atoms with Gasteiger partial charge >= 0.3 is 0 Å². The zero-order valence-corrected chi connectivity index (χ0v) is 16.5. The second-order valence-electron chi connectivity index (χ2n) is 6.28. The van der Waals surface area contributed by atoms with Crippen molar-refractivity contribution < 1.29 is 4.74 Å². The predicted octanol–water partition coefficient (Wildman–Crippen LogP) is 4.92. The van der Waals surface area contributed by atoms with Crippen LogP contribution in [0.3, 0.4) is 0 Å². The number of nitrogens with zero attached hydrogens (tertiary/aromatic N) is 3. The maximum Gasteiger partial charge on any atom is 0.191 e. The minimum atomic E-state index is 0.699. The van der Waals surface area contributed by atoms with Crippen LogP contribution in [0.5, 0.6) is 5.75 Å². The van der Waals surface area contributed by atoms with Crippen molar-refractivity contribution in [1.82, 2.24) is 14.8 Å². The van der Waals surface area contributed by atoms with Crippen molar-refractivity contribution in [2.24, 2.45) is 0 Å². The first-order chi connectivity index (χ1) is 13.3. The fraction of sp³-hybridized carbons (Fsp3) is 0.273. The van der Waals surface area contributed by atoms with Crippen LogP contribution in [0.2, 0.25) is 0 Å². The molecule has 0 saturated carbocycles. The molecule has 0 aliphatic rings. The van der Waals surface area contributed by atoms with E-state index in [4.69, 9.17) is 4.74 Å². The van der Waals surface area contributed by atoms with Crippen molar-refractivity contribution in [3.8, 4) is 5.75 Å². The summed E-state index contributed by atoms with van der Waals surface area (Å²) in [4.78, 5) is 0. The third-order valence-electron chi connectivity index (χ3n) is 4.18. The predicted molar refractivity (Wildman–Crippen MR) is 111 cm³/mol. The fourth-order valence-corrected chi connectivity index (χ4v) is 3.65. The number of hydrogen-bond acceptors (Lipinski definition) is 4. The zero-order chi connectivity index (χ0) is 18.9. The molecule has 0 saturated heterocycles. The molecule has 27 heavy (non-hydrogen) atoms. The van der Waals surface area contributed by atoms with E-state index in [9.17, 15) is 0 Å². The minimum absolute atomic E-state index is 0.699. The van der Waals surface area contributed by atoms with Crippen molar-refractivity contribution in [1.29, 1.82) is 0 Å². The van der Waals surface area contributed by atoms with Crippen molar-refractivity contribution in [2.45, 2.75) is 31.5 Å². The first-order valence-corrected chi connectivity index (χ1v) is 10.1. The summed E-state index contributed by atoms with van der Waals surface area (Å²) in [6.45, 7) is 7.35. The largest absolute Gasteiger partial charge is 0.493 e. The quantitative estimate of drug-likeness (QED) is 0.285. The lowest BCUT2D eigenvalue weighted by Crippen LogP contribution is -2.05. The van der Waals surface area contributed by atoms with Gasteiger partial charge in [-0.1, -0.05) is 66.4 Å². The molecule has 0 fully saturated rings. The molecule has 2 aromatic carbocycles. The molecule has 3 rings (SSSR count). The van der Waals surface area contributed by atoms with Crippen LogP contribution in [0.1, 0.15) is 23.4 Å². The number of ether oxygens (including phenoxy) is 1. The number of aromatic nitrogens is 3. The maximum atomic E-state index is 5.86. The smallest absolute Gasteiger partial charge is 0.191 e. The fourth-order valence-electron chi connectivity index (χ4n) is 2.77. The molecule has 4 nitrogen and oxygen atoms in total. The molecule has 0 unspecified atom stereocenters. The van der Waals surface area contributed by atoms with Gasteiger partial charge in [-0.3, -0.25) is 0 Å². The molecular formula is C22H25N3OS. The number of aryl methyl sites for hydroxylation is 1. The summed E-state index contributed by atoms with van der Waals surface area (Å²) in [6, 6.07) is 18.5. The van der Waals surface area contributed by atoms with Crippen LogP contribution < -0.4 is 4.74 Å². The number of allylic oxidation sites excluding steroid dienone is 1. The summed E-state index contributed by atoms with van der Waals surface area (Å²) in [7, 11) is 0. The Morgan fingerprint density at radius 1 is 1.07 bits per heavy atom. The van der Waals surface area contributed by atoms with Crippen molar-refractivity contribution in [2.75, 3.05) is 12.4 Å². The molecule has 0 atom stereocenters. The van der Waals surface area contributed by atoms with E-state index in [1.54, 1.807) is 11.8 Å². The van der Waals surface area contributed by atoms with Gasteiger partial charge in [-0.05, 0) is 30.5 Å². The number of thioether (sulfide) groups is 1. The van der Waals surface area contributed by atoms with E-state index >= 15 is 0 Å². The highest BCUT2D eigenvalue weighted by Crippen LogP contribution is 2.21. The van der Waals surface area contributed by atoms with Crippen molar-refractivity contribution in [3.63, 3.8) is 0 Å². The Kier molecular flexibility index (Phi) is 7.11. The number of rotatable bonds is 10. The minimum Gasteiger partial charge on any atom is -0.493 e. The van der Waals surface area contributed by atoms with Gasteiger partial charge in [0.15, 0.2) is 5.16 Å². The van der Waals surface area contributed by atoms with Crippen LogP contribution in [0.4, 0.5) is 0 Å². The highest BCUT2D eigenvalue weighted by Gasteiger charge is 2.12. The lowest BCUT2D eigenvalue weighted by molar-refractivity contribution is 0.316. The van der Waals surface area contributed by atoms with Gasteiger partial charge in [-0.25, -0.2) is 0 Å². The number of benzene rings is 2. The molecule has 3 aromatic rings. The van der Waals surface area contributed by atoms with Crippen LogP contribution in [0.15, 0.2) is 72.4 Å². The summed E-state index contributed by atoms with van der Waals surface area (Å²) in [6.07, 6.45) is 3.62. The Labute approximate surface area is 165 Å². The van der Waals surface area contributed by atoms with Crippen LogP contribution in [-0.4, -0.2) is 27.1 Å². The van der Waals surface area contributed by atoms with Gasteiger partial charge < -0.3 is 9.30 Å². The number of para-hydroxylation sites is 1. The first-order valence-electron chi connectivity index (χ1n) is 9.16. The van der Waals surface area contributed by atoms with E-state index in [1.807, 2.05) is 42.5 Å². The molecule has 1 aromatic heterocycles. The molecule has 5 heteroatoms. The van der Waals surface area contributed by atoms with Gasteiger partial charge in [0.2, 0.25) is 0 Å². The van der Waals surface area contributed by atoms with Gasteiger partial charge in [0.05, 0.1) is 6.61 Å². The molecule has 0 bridgehead atoms. The standard InChI is InChI=1S/C22H25N3OS/c1-3-14-25-21(17-19-11-5-4-6-12-19)23-24-22(25)27-16-9-15-26-20-13-8-7-10-18(20)2/h3-8,10-13H,1,9,14-17H2,2H3. The molecule has 0 radical (unpaired) electrons. The van der Waals surface area contributed by atoms with E-state index in [0.717, 1.165) is 41.9 Å². The van der Waals surface area contributed by atoms with E-state index in [0.29, 0.717) is 6.61 Å². The summed E-state index contributed by atoms with van der Waals surface area (Å²) in [5, 5.41) is 9.73. The topological polar surface area (TPSA) is 39.9 Å². The van der Waals surface area contributed by atoms with E-state index in [2.05, 4.69) is 46.5 Å². The third kappa shape index (κ3) is 5.47. The molecule has 0 aliphatic heterocycles. The Bertz CT molecular complexity index is 861. The van der Waals surface area contributed by atoms with Crippen molar-refractivity contribution in [3.05, 3.63) is 84.2 Å². The highest BCUT2D eigenvalue weighted by molar-refractivity contribution is 7.99. The normalized spacial score (nSPS) is 10.7. The molecule has 0 N–H and O–H groups in total. The highest BCUT2D eigenvalue weighted by atomic mass is 32.2. The van der Waals surface area contributed by atoms with E-state index in [1.165, 1.54) is 11.1 Å². The first kappa shape index (κ1) is 19.2. The summed E-state index contributed by atoms with van der Waals surface area (Å²) < 4.78 is 8.01. The Morgan fingerprint density at radius 3 is 2.63 bits per heavy atom. The average molecular weight is 380 g/mol. The second-order valence-corrected chi connectivity index (χ2v) is 7.34.